The van der Waals surface area contributed by atoms with Crippen LogP contribution in [0.4, 0.5) is 5.69 Å². The molecule has 30 heavy (non-hydrogen) atoms. The molecule has 2 saturated carbocycles. The number of amides is 1. The van der Waals surface area contributed by atoms with E-state index in [0.717, 1.165) is 29.8 Å². The Morgan fingerprint density at radius 3 is 2.43 bits per heavy atom. The third kappa shape index (κ3) is 2.95. The summed E-state index contributed by atoms with van der Waals surface area (Å²) < 4.78 is 0. The number of hydrogen-bond acceptors (Lipinski definition) is 4. The zero-order chi connectivity index (χ0) is 21.6. The van der Waals surface area contributed by atoms with Crippen molar-refractivity contribution >= 4 is 23.3 Å². The summed E-state index contributed by atoms with van der Waals surface area (Å²) in [5, 5.41) is 7.41. The van der Waals surface area contributed by atoms with Crippen LogP contribution < -0.4 is 5.32 Å². The van der Waals surface area contributed by atoms with E-state index in [0.29, 0.717) is 12.0 Å². The van der Waals surface area contributed by atoms with Crippen molar-refractivity contribution in [1.29, 1.82) is 0 Å². The molecular weight excluding hydrogens is 376 g/mol. The Labute approximate surface area is 177 Å². The van der Waals surface area contributed by atoms with E-state index in [1.807, 2.05) is 37.3 Å². The molecule has 2 aliphatic rings. The molecule has 2 atom stereocenters. The van der Waals surface area contributed by atoms with Gasteiger partial charge in [0, 0.05) is 17.5 Å². The maximum atomic E-state index is 13.5. The first-order chi connectivity index (χ1) is 14.2. The van der Waals surface area contributed by atoms with Gasteiger partial charge < -0.3 is 10.2 Å². The maximum absolute atomic E-state index is 13.5. The van der Waals surface area contributed by atoms with Gasteiger partial charge in [0.05, 0.1) is 16.7 Å². The first-order valence-electron chi connectivity index (χ1n) is 10.4. The van der Waals surface area contributed by atoms with Crippen LogP contribution in [0.3, 0.4) is 0 Å². The van der Waals surface area contributed by atoms with Gasteiger partial charge in [-0.3, -0.25) is 4.79 Å². The standard InChI is InChI=1S/C25H28N2O3/c1-17-9-8-12-19(15-17)26-22(29)25-14-13-24(4,23(25,2)3)20(16-25)27-30-21(28)18-10-6-5-7-11-18/h5-12,15H,13-14,16H2,1-4H3,(H,26,29). The number of carbonyl (C=O) groups excluding carboxylic acids is 2. The Kier molecular flexibility index (Phi) is 4.80. The minimum absolute atomic E-state index is 0.0152. The Morgan fingerprint density at radius 1 is 1.00 bits per heavy atom. The fraction of sp³-hybridized carbons (Fsp3) is 0.400. The van der Waals surface area contributed by atoms with Gasteiger partial charge in [0.1, 0.15) is 0 Å². The molecule has 0 aromatic heterocycles. The number of aryl methyl sites for hydroxylation is 1. The molecule has 2 aliphatic carbocycles. The number of oxime groups is 1. The molecular formula is C25H28N2O3. The highest BCUT2D eigenvalue weighted by Gasteiger charge is 2.71. The summed E-state index contributed by atoms with van der Waals surface area (Å²) in [7, 11) is 0. The lowest BCUT2D eigenvalue weighted by molar-refractivity contribution is -0.130. The lowest BCUT2D eigenvalue weighted by atomic mass is 9.64. The van der Waals surface area contributed by atoms with Crippen molar-refractivity contribution in [1.82, 2.24) is 0 Å². The maximum Gasteiger partial charge on any atom is 0.365 e. The average molecular weight is 405 g/mol. The Hall–Kier alpha value is -2.95. The first-order valence-corrected chi connectivity index (χ1v) is 10.4. The molecule has 5 heteroatoms. The molecule has 0 aliphatic heterocycles. The number of carbonyl (C=O) groups is 2. The van der Waals surface area contributed by atoms with Gasteiger partial charge in [-0.05, 0) is 55.0 Å². The normalized spacial score (nSPS) is 27.8. The van der Waals surface area contributed by atoms with E-state index in [2.05, 4.69) is 31.2 Å². The van der Waals surface area contributed by atoms with E-state index in [4.69, 9.17) is 4.84 Å². The summed E-state index contributed by atoms with van der Waals surface area (Å²) in [5.41, 5.74) is 1.97. The van der Waals surface area contributed by atoms with E-state index in [1.54, 1.807) is 24.3 Å². The largest absolute Gasteiger partial charge is 0.365 e. The smallest absolute Gasteiger partial charge is 0.326 e. The molecule has 0 spiro atoms. The Balaban J connectivity index is 1.59. The van der Waals surface area contributed by atoms with Crippen molar-refractivity contribution in [3.8, 4) is 0 Å². The second-order valence-electron chi connectivity index (χ2n) is 9.32. The van der Waals surface area contributed by atoms with Gasteiger partial charge in [-0.25, -0.2) is 4.79 Å². The highest BCUT2D eigenvalue weighted by Crippen LogP contribution is 2.71. The van der Waals surface area contributed by atoms with Crippen LogP contribution in [0.25, 0.3) is 0 Å². The van der Waals surface area contributed by atoms with Crippen molar-refractivity contribution in [3.05, 3.63) is 65.7 Å². The lowest BCUT2D eigenvalue weighted by Crippen LogP contribution is -2.43. The van der Waals surface area contributed by atoms with Crippen LogP contribution >= 0.6 is 0 Å². The van der Waals surface area contributed by atoms with Crippen molar-refractivity contribution < 1.29 is 14.4 Å². The fourth-order valence-corrected chi connectivity index (χ4v) is 5.22. The van der Waals surface area contributed by atoms with Gasteiger partial charge in [-0.15, -0.1) is 0 Å². The van der Waals surface area contributed by atoms with Crippen molar-refractivity contribution in [3.63, 3.8) is 0 Å². The summed E-state index contributed by atoms with van der Waals surface area (Å²) in [4.78, 5) is 31.1. The molecule has 4 rings (SSSR count). The van der Waals surface area contributed by atoms with Gasteiger partial charge >= 0.3 is 5.97 Å². The highest BCUT2D eigenvalue weighted by atomic mass is 16.7. The van der Waals surface area contributed by atoms with E-state index >= 15 is 0 Å². The number of benzene rings is 2. The molecule has 1 N–H and O–H groups in total. The Morgan fingerprint density at radius 2 is 1.73 bits per heavy atom. The summed E-state index contributed by atoms with van der Waals surface area (Å²) in [6.45, 7) is 8.41. The third-order valence-electron chi connectivity index (χ3n) is 7.69. The van der Waals surface area contributed by atoms with E-state index in [-0.39, 0.29) is 16.7 Å². The van der Waals surface area contributed by atoms with Gasteiger partial charge in [0.15, 0.2) is 0 Å². The van der Waals surface area contributed by atoms with E-state index < -0.39 is 11.4 Å². The lowest BCUT2D eigenvalue weighted by Gasteiger charge is -2.39. The summed E-state index contributed by atoms with van der Waals surface area (Å²) in [6, 6.07) is 16.7. The number of nitrogens with zero attached hydrogens (tertiary/aromatic N) is 1. The van der Waals surface area contributed by atoms with Gasteiger partial charge in [-0.1, -0.05) is 56.3 Å². The molecule has 5 nitrogen and oxygen atoms in total. The van der Waals surface area contributed by atoms with E-state index in [9.17, 15) is 9.59 Å². The number of hydrogen-bond donors (Lipinski definition) is 1. The first kappa shape index (κ1) is 20.3. The third-order valence-corrected chi connectivity index (χ3v) is 7.69. The summed E-state index contributed by atoms with van der Waals surface area (Å²) in [6.07, 6.45) is 2.12. The molecule has 2 bridgehead atoms. The van der Waals surface area contributed by atoms with Crippen molar-refractivity contribution in [2.75, 3.05) is 5.32 Å². The van der Waals surface area contributed by atoms with Gasteiger partial charge in [0.2, 0.25) is 5.91 Å². The molecule has 0 radical (unpaired) electrons. The van der Waals surface area contributed by atoms with E-state index in [1.165, 1.54) is 0 Å². The van der Waals surface area contributed by atoms with Crippen LogP contribution in [0.1, 0.15) is 56.0 Å². The zero-order valence-corrected chi connectivity index (χ0v) is 18.0. The van der Waals surface area contributed by atoms with Crippen molar-refractivity contribution in [2.24, 2.45) is 21.4 Å². The molecule has 156 valence electrons. The number of fused-ring (bicyclic) bond motifs is 2. The van der Waals surface area contributed by atoms with Gasteiger partial charge in [-0.2, -0.15) is 0 Å². The quantitative estimate of drug-likeness (QED) is 0.551. The topological polar surface area (TPSA) is 67.8 Å². The molecule has 2 aromatic carbocycles. The number of anilines is 1. The van der Waals surface area contributed by atoms with Gasteiger partial charge in [0.25, 0.3) is 0 Å². The van der Waals surface area contributed by atoms with Crippen LogP contribution in [-0.4, -0.2) is 17.6 Å². The fourth-order valence-electron chi connectivity index (χ4n) is 5.22. The van der Waals surface area contributed by atoms with Crippen molar-refractivity contribution in [2.45, 2.75) is 47.0 Å². The average Bonchev–Trinajstić information content (AvgIpc) is 3.03. The second-order valence-corrected chi connectivity index (χ2v) is 9.32. The SMILES string of the molecule is Cc1cccc(NC(=O)C23CCC(C)(C(=NOC(=O)c4ccccc4)C2)C3(C)C)c1. The zero-order valence-electron chi connectivity index (χ0n) is 18.0. The summed E-state index contributed by atoms with van der Waals surface area (Å²) in [5.74, 6) is -0.466. The molecule has 0 saturated heterocycles. The van der Waals surface area contributed by atoms with Crippen LogP contribution in [0.15, 0.2) is 59.8 Å². The predicted octanol–water partition coefficient (Wildman–Crippen LogP) is 5.36. The second kappa shape index (κ2) is 7.08. The highest BCUT2D eigenvalue weighted by molar-refractivity contribution is 6.06. The minimum atomic E-state index is -0.580. The molecule has 0 heterocycles. The Bertz CT molecular complexity index is 1030. The number of nitrogens with one attached hydrogen (secondary N) is 1. The van der Waals surface area contributed by atoms with Crippen LogP contribution in [-0.2, 0) is 9.63 Å². The molecule has 1 amide bonds. The summed E-state index contributed by atoms with van der Waals surface area (Å²) >= 11 is 0. The minimum Gasteiger partial charge on any atom is -0.326 e. The predicted molar refractivity (Wildman–Crippen MR) is 117 cm³/mol. The molecule has 2 aromatic rings. The van der Waals surface area contributed by atoms with Crippen LogP contribution in [0.5, 0.6) is 0 Å². The number of rotatable bonds is 4. The van der Waals surface area contributed by atoms with Crippen LogP contribution in [0.2, 0.25) is 0 Å². The molecule has 2 fully saturated rings. The van der Waals surface area contributed by atoms with Crippen LogP contribution in [0, 0.1) is 23.2 Å². The molecule has 2 unspecified atom stereocenters. The monoisotopic (exact) mass is 404 g/mol.